The topological polar surface area (TPSA) is 81.4 Å². The molecule has 0 fully saturated rings. The van der Waals surface area contributed by atoms with Crippen LogP contribution in [0.25, 0.3) is 0 Å². The van der Waals surface area contributed by atoms with E-state index in [2.05, 4.69) is 0 Å². The van der Waals surface area contributed by atoms with E-state index in [-0.39, 0.29) is 15.5 Å². The fourth-order valence-electron chi connectivity index (χ4n) is 1.49. The van der Waals surface area contributed by atoms with Crippen LogP contribution in [0.3, 0.4) is 0 Å². The number of rotatable bonds is 6. The van der Waals surface area contributed by atoms with E-state index in [1.807, 2.05) is 0 Å². The molecular weight excluding hydrogens is 314 g/mol. The van der Waals surface area contributed by atoms with Gasteiger partial charge in [-0.25, -0.2) is 17.2 Å². The number of hydrogen-bond donors (Lipinski definition) is 1. The summed E-state index contributed by atoms with van der Waals surface area (Å²) < 4.78 is 49.7. The number of nitrogens with zero attached hydrogens (tertiary/aromatic N) is 2. The van der Waals surface area contributed by atoms with Crippen molar-refractivity contribution in [2.75, 3.05) is 19.7 Å². The Hall–Kier alpha value is -1.27. The summed E-state index contributed by atoms with van der Waals surface area (Å²) in [6, 6.07) is 5.21. The normalized spacial score (nSPS) is 11.8. The van der Waals surface area contributed by atoms with E-state index in [1.165, 1.54) is 6.07 Å². The number of sulfonamides is 1. The SMILES string of the molecule is N#Cc1ccc(S(=O)(=O)N(CCO)CC(F)F)c(Cl)c1. The molecule has 9 heteroatoms. The number of hydrogen-bond acceptors (Lipinski definition) is 4. The Morgan fingerprint density at radius 1 is 1.45 bits per heavy atom. The summed E-state index contributed by atoms with van der Waals surface area (Å²) >= 11 is 5.77. The minimum absolute atomic E-state index is 0.150. The van der Waals surface area contributed by atoms with Crippen LogP contribution in [0.15, 0.2) is 23.1 Å². The van der Waals surface area contributed by atoms with Gasteiger partial charge in [0, 0.05) is 6.54 Å². The third-order valence-corrected chi connectivity index (χ3v) is 4.72. The summed E-state index contributed by atoms with van der Waals surface area (Å²) in [6.07, 6.45) is -2.88. The van der Waals surface area contributed by atoms with Crippen molar-refractivity contribution in [2.45, 2.75) is 11.3 Å². The fraction of sp³-hybridized carbons (Fsp3) is 0.364. The third-order valence-electron chi connectivity index (χ3n) is 2.37. The zero-order chi connectivity index (χ0) is 15.3. The van der Waals surface area contributed by atoms with Crippen LogP contribution in [0.2, 0.25) is 5.02 Å². The average molecular weight is 325 g/mol. The molecule has 0 saturated heterocycles. The predicted molar refractivity (Wildman–Crippen MR) is 68.0 cm³/mol. The Labute approximate surface area is 120 Å². The zero-order valence-electron chi connectivity index (χ0n) is 10.1. The number of alkyl halides is 2. The maximum atomic E-state index is 12.4. The van der Waals surface area contributed by atoms with Gasteiger partial charge in [-0.1, -0.05) is 11.6 Å². The van der Waals surface area contributed by atoms with Crippen molar-refractivity contribution in [2.24, 2.45) is 0 Å². The van der Waals surface area contributed by atoms with Gasteiger partial charge in [0.25, 0.3) is 6.43 Å². The van der Waals surface area contributed by atoms with Gasteiger partial charge >= 0.3 is 0 Å². The van der Waals surface area contributed by atoms with Gasteiger partial charge in [-0.15, -0.1) is 0 Å². The number of nitriles is 1. The largest absolute Gasteiger partial charge is 0.395 e. The van der Waals surface area contributed by atoms with Crippen molar-refractivity contribution in [3.05, 3.63) is 28.8 Å². The highest BCUT2D eigenvalue weighted by Crippen LogP contribution is 2.26. The first-order valence-corrected chi connectivity index (χ1v) is 7.23. The van der Waals surface area contributed by atoms with Crippen LogP contribution in [0.1, 0.15) is 5.56 Å². The monoisotopic (exact) mass is 324 g/mol. The summed E-state index contributed by atoms with van der Waals surface area (Å²) in [4.78, 5) is -0.382. The van der Waals surface area contributed by atoms with E-state index in [9.17, 15) is 17.2 Å². The quantitative estimate of drug-likeness (QED) is 0.859. The van der Waals surface area contributed by atoms with Gasteiger partial charge in [-0.2, -0.15) is 9.57 Å². The van der Waals surface area contributed by atoms with Gasteiger partial charge in [0.05, 0.1) is 29.8 Å². The second-order valence-electron chi connectivity index (χ2n) is 3.73. The van der Waals surface area contributed by atoms with Gasteiger partial charge in [-0.05, 0) is 18.2 Å². The van der Waals surface area contributed by atoms with Crippen molar-refractivity contribution in [1.29, 1.82) is 5.26 Å². The molecule has 0 aliphatic carbocycles. The smallest absolute Gasteiger partial charge is 0.252 e. The molecule has 0 unspecified atom stereocenters. The third kappa shape index (κ3) is 3.86. The van der Waals surface area contributed by atoms with E-state index in [0.717, 1.165) is 12.1 Å². The first-order chi connectivity index (χ1) is 9.32. The van der Waals surface area contributed by atoms with Crippen LogP contribution in [0, 0.1) is 11.3 Å². The average Bonchev–Trinajstić information content (AvgIpc) is 2.37. The molecule has 0 radical (unpaired) electrons. The number of aliphatic hydroxyl groups is 1. The molecule has 0 heterocycles. The summed E-state index contributed by atoms with van der Waals surface area (Å²) in [6.45, 7) is -2.11. The van der Waals surface area contributed by atoms with Crippen LogP contribution < -0.4 is 0 Å². The molecule has 0 amide bonds. The Morgan fingerprint density at radius 2 is 2.10 bits per heavy atom. The van der Waals surface area contributed by atoms with E-state index in [0.29, 0.717) is 4.31 Å². The van der Waals surface area contributed by atoms with E-state index in [4.69, 9.17) is 22.0 Å². The van der Waals surface area contributed by atoms with Crippen molar-refractivity contribution in [3.8, 4) is 6.07 Å². The lowest BCUT2D eigenvalue weighted by molar-refractivity contribution is 0.113. The minimum atomic E-state index is -4.26. The lowest BCUT2D eigenvalue weighted by Gasteiger charge is -2.21. The van der Waals surface area contributed by atoms with Crippen LogP contribution >= 0.6 is 11.6 Å². The maximum Gasteiger partial charge on any atom is 0.252 e. The van der Waals surface area contributed by atoms with Crippen LogP contribution in [0.4, 0.5) is 8.78 Å². The lowest BCUT2D eigenvalue weighted by Crippen LogP contribution is -2.37. The highest BCUT2D eigenvalue weighted by atomic mass is 35.5. The standard InChI is InChI=1S/C11H11ClF2N2O3S/c12-9-5-8(6-15)1-2-10(9)20(18,19)16(3-4-17)7-11(13)14/h1-2,5,11,17H,3-4,7H2. The van der Waals surface area contributed by atoms with E-state index >= 15 is 0 Å². The Balaban J connectivity index is 3.23. The Bertz CT molecular complexity index is 617. The number of aliphatic hydroxyl groups excluding tert-OH is 1. The van der Waals surface area contributed by atoms with Crippen molar-refractivity contribution >= 4 is 21.6 Å². The molecule has 1 N–H and O–H groups in total. The van der Waals surface area contributed by atoms with Crippen LogP contribution in [-0.4, -0.2) is 44.0 Å². The second kappa shape index (κ2) is 6.95. The van der Waals surface area contributed by atoms with Gasteiger partial charge in [0.15, 0.2) is 0 Å². The molecule has 5 nitrogen and oxygen atoms in total. The molecule has 0 bridgehead atoms. The first-order valence-electron chi connectivity index (χ1n) is 5.41. The molecule has 1 aromatic carbocycles. The van der Waals surface area contributed by atoms with Gasteiger partial charge < -0.3 is 5.11 Å². The summed E-state index contributed by atoms with van der Waals surface area (Å²) in [5.74, 6) is 0. The molecule has 0 aliphatic rings. The molecule has 1 aromatic rings. The Morgan fingerprint density at radius 3 is 2.55 bits per heavy atom. The number of halogens is 3. The summed E-state index contributed by atoms with van der Waals surface area (Å²) in [5.41, 5.74) is 0.150. The van der Waals surface area contributed by atoms with Crippen molar-refractivity contribution in [1.82, 2.24) is 4.31 Å². The van der Waals surface area contributed by atoms with Gasteiger partial charge in [0.1, 0.15) is 4.90 Å². The predicted octanol–water partition coefficient (Wildman–Crippen LogP) is 1.46. The molecule has 1 rings (SSSR count). The maximum absolute atomic E-state index is 12.4. The molecule has 0 saturated carbocycles. The Kier molecular flexibility index (Phi) is 5.83. The number of benzene rings is 1. The lowest BCUT2D eigenvalue weighted by atomic mass is 10.2. The van der Waals surface area contributed by atoms with Gasteiger partial charge in [-0.3, -0.25) is 0 Å². The van der Waals surface area contributed by atoms with Crippen molar-refractivity contribution in [3.63, 3.8) is 0 Å². The molecule has 0 atom stereocenters. The molecule has 20 heavy (non-hydrogen) atoms. The first kappa shape index (κ1) is 16.8. The molecule has 110 valence electrons. The van der Waals surface area contributed by atoms with Gasteiger partial charge in [0.2, 0.25) is 10.0 Å². The second-order valence-corrected chi connectivity index (χ2v) is 6.05. The van der Waals surface area contributed by atoms with Crippen LogP contribution in [0.5, 0.6) is 0 Å². The molecule has 0 spiro atoms. The summed E-state index contributed by atoms with van der Waals surface area (Å²) in [7, 11) is -4.26. The zero-order valence-corrected chi connectivity index (χ0v) is 11.7. The highest BCUT2D eigenvalue weighted by Gasteiger charge is 2.28. The molecular formula is C11H11ClF2N2O3S. The van der Waals surface area contributed by atoms with Crippen molar-refractivity contribution < 1.29 is 22.3 Å². The van der Waals surface area contributed by atoms with E-state index < -0.39 is 36.1 Å². The molecule has 0 aliphatic heterocycles. The molecule has 0 aromatic heterocycles. The van der Waals surface area contributed by atoms with E-state index in [1.54, 1.807) is 6.07 Å². The minimum Gasteiger partial charge on any atom is -0.395 e. The summed E-state index contributed by atoms with van der Waals surface area (Å²) in [5, 5.41) is 17.2. The highest BCUT2D eigenvalue weighted by molar-refractivity contribution is 7.89. The van der Waals surface area contributed by atoms with Crippen LogP contribution in [-0.2, 0) is 10.0 Å². The fourth-order valence-corrected chi connectivity index (χ4v) is 3.42.